The lowest BCUT2D eigenvalue weighted by atomic mass is 10.2. The number of carbonyl (C=O) groups is 1. The van der Waals surface area contributed by atoms with Crippen LogP contribution in [0, 0.1) is 6.92 Å². The van der Waals surface area contributed by atoms with Crippen molar-refractivity contribution in [3.63, 3.8) is 0 Å². The maximum Gasteiger partial charge on any atom is 0.358 e. The van der Waals surface area contributed by atoms with Gasteiger partial charge in [0.25, 0.3) is 0 Å². The summed E-state index contributed by atoms with van der Waals surface area (Å²) in [6.45, 7) is 1.88. The van der Waals surface area contributed by atoms with E-state index < -0.39 is 5.97 Å². The molecular weight excluding hydrogens is 282 g/mol. The Morgan fingerprint density at radius 3 is 3.00 bits per heavy atom. The molecule has 0 spiro atoms. The van der Waals surface area contributed by atoms with E-state index in [1.54, 1.807) is 6.92 Å². The van der Waals surface area contributed by atoms with E-state index in [0.29, 0.717) is 17.4 Å². The Bertz CT molecular complexity index is 746. The van der Waals surface area contributed by atoms with Crippen molar-refractivity contribution in [1.82, 2.24) is 25.1 Å². The van der Waals surface area contributed by atoms with Gasteiger partial charge in [-0.2, -0.15) is 4.98 Å². The number of aromatic nitrogens is 5. The molecule has 0 aliphatic rings. The van der Waals surface area contributed by atoms with Crippen molar-refractivity contribution in [2.75, 3.05) is 0 Å². The molecule has 0 radical (unpaired) electrons. The molecule has 20 heavy (non-hydrogen) atoms. The van der Waals surface area contributed by atoms with Gasteiger partial charge in [-0.1, -0.05) is 16.4 Å². The maximum absolute atomic E-state index is 11.2. The van der Waals surface area contributed by atoms with E-state index in [1.165, 1.54) is 16.0 Å². The third-order valence-corrected chi connectivity index (χ3v) is 3.43. The summed E-state index contributed by atoms with van der Waals surface area (Å²) in [6.07, 6.45) is 0. The first-order chi connectivity index (χ1) is 9.65. The van der Waals surface area contributed by atoms with E-state index in [9.17, 15) is 9.90 Å². The van der Waals surface area contributed by atoms with Crippen LogP contribution < -0.4 is 0 Å². The lowest BCUT2D eigenvalue weighted by molar-refractivity contribution is 0.0691. The summed E-state index contributed by atoms with van der Waals surface area (Å²) in [5, 5.41) is 22.4. The normalized spacial score (nSPS) is 10.8. The molecule has 0 aromatic carbocycles. The number of carboxylic acid groups (broad SMARTS) is 1. The first-order valence-corrected chi connectivity index (χ1v) is 6.53. The van der Waals surface area contributed by atoms with Crippen LogP contribution in [0.2, 0.25) is 0 Å². The van der Waals surface area contributed by atoms with Gasteiger partial charge in [-0.05, 0) is 11.4 Å². The Kier molecular flexibility index (Phi) is 3.03. The molecule has 102 valence electrons. The Morgan fingerprint density at radius 1 is 1.55 bits per heavy atom. The van der Waals surface area contributed by atoms with Crippen LogP contribution >= 0.6 is 11.3 Å². The summed E-state index contributed by atoms with van der Waals surface area (Å²) in [4.78, 5) is 16.1. The van der Waals surface area contributed by atoms with E-state index in [0.717, 1.165) is 4.88 Å². The van der Waals surface area contributed by atoms with Gasteiger partial charge in [-0.3, -0.25) is 0 Å². The fourth-order valence-corrected chi connectivity index (χ4v) is 2.54. The fourth-order valence-electron chi connectivity index (χ4n) is 1.76. The number of aryl methyl sites for hydroxylation is 1. The van der Waals surface area contributed by atoms with Gasteiger partial charge >= 0.3 is 5.97 Å². The second kappa shape index (κ2) is 4.85. The topological polar surface area (TPSA) is 107 Å². The molecule has 3 heterocycles. The van der Waals surface area contributed by atoms with E-state index in [-0.39, 0.29) is 12.2 Å². The summed E-state index contributed by atoms with van der Waals surface area (Å²) in [6, 6.07) is 3.65. The van der Waals surface area contributed by atoms with Crippen molar-refractivity contribution in [1.29, 1.82) is 0 Å². The van der Waals surface area contributed by atoms with Gasteiger partial charge in [0.05, 0.1) is 4.88 Å². The third-order valence-electron chi connectivity index (χ3n) is 2.55. The average molecular weight is 291 g/mol. The maximum atomic E-state index is 11.2. The fraction of sp³-hybridized carbons (Fsp3) is 0.182. The minimum Gasteiger partial charge on any atom is -0.476 e. The molecule has 0 unspecified atom stereocenters. The Labute approximate surface area is 116 Å². The number of thiophene rings is 1. The van der Waals surface area contributed by atoms with Crippen LogP contribution in [0.25, 0.3) is 10.6 Å². The quantitative estimate of drug-likeness (QED) is 0.775. The zero-order chi connectivity index (χ0) is 14.1. The highest BCUT2D eigenvalue weighted by Gasteiger charge is 2.22. The number of nitrogens with zero attached hydrogens (tertiary/aromatic N) is 5. The lowest BCUT2D eigenvalue weighted by Crippen LogP contribution is -2.06. The Hall–Kier alpha value is -2.55. The number of aromatic carboxylic acids is 1. The first kappa shape index (κ1) is 12.5. The second-order valence-electron chi connectivity index (χ2n) is 3.96. The van der Waals surface area contributed by atoms with Crippen LogP contribution in [0.1, 0.15) is 22.2 Å². The van der Waals surface area contributed by atoms with Crippen LogP contribution in [0.5, 0.6) is 0 Å². The Balaban J connectivity index is 2.05. The molecule has 0 amide bonds. The largest absolute Gasteiger partial charge is 0.476 e. The number of rotatable bonds is 4. The third kappa shape index (κ3) is 2.18. The summed E-state index contributed by atoms with van der Waals surface area (Å²) in [5.41, 5.74) is 0.350. The highest BCUT2D eigenvalue weighted by molar-refractivity contribution is 7.13. The lowest BCUT2D eigenvalue weighted by Gasteiger charge is -2.02. The number of hydrogen-bond donors (Lipinski definition) is 1. The first-order valence-electron chi connectivity index (χ1n) is 5.65. The monoisotopic (exact) mass is 291 g/mol. The van der Waals surface area contributed by atoms with Crippen LogP contribution in [0.3, 0.4) is 0 Å². The summed E-state index contributed by atoms with van der Waals surface area (Å²) >= 11 is 1.41. The van der Waals surface area contributed by atoms with Gasteiger partial charge in [-0.25, -0.2) is 9.48 Å². The smallest absolute Gasteiger partial charge is 0.358 e. The minimum absolute atomic E-state index is 0.0901. The molecule has 0 aliphatic carbocycles. The highest BCUT2D eigenvalue weighted by atomic mass is 32.1. The SMILES string of the molecule is Cc1nc(Cn2nnc(C(=O)O)c2-c2cccs2)no1. The van der Waals surface area contributed by atoms with Crippen LogP contribution in [0.4, 0.5) is 0 Å². The predicted octanol–water partition coefficient (Wildman–Crippen LogP) is 1.44. The van der Waals surface area contributed by atoms with Crippen LogP contribution in [0.15, 0.2) is 22.0 Å². The molecule has 0 bridgehead atoms. The molecule has 0 saturated carbocycles. The summed E-state index contributed by atoms with van der Waals surface area (Å²) in [5.74, 6) is -0.262. The van der Waals surface area contributed by atoms with Crippen molar-refractivity contribution >= 4 is 17.3 Å². The highest BCUT2D eigenvalue weighted by Crippen LogP contribution is 2.27. The van der Waals surface area contributed by atoms with E-state index in [1.807, 2.05) is 17.5 Å². The van der Waals surface area contributed by atoms with Gasteiger partial charge in [0.15, 0.2) is 11.5 Å². The predicted molar refractivity (Wildman–Crippen MR) is 68.4 cm³/mol. The van der Waals surface area contributed by atoms with Gasteiger partial charge in [0, 0.05) is 6.92 Å². The number of hydrogen-bond acceptors (Lipinski definition) is 7. The zero-order valence-electron chi connectivity index (χ0n) is 10.3. The summed E-state index contributed by atoms with van der Waals surface area (Å²) in [7, 11) is 0. The molecule has 8 nitrogen and oxygen atoms in total. The molecule has 1 N–H and O–H groups in total. The second-order valence-corrected chi connectivity index (χ2v) is 4.90. The standard InChI is InChI=1S/C11H9N5O3S/c1-6-12-8(14-19-6)5-16-10(7-3-2-4-20-7)9(11(17)18)13-15-16/h2-4H,5H2,1H3,(H,17,18). The molecule has 0 aliphatic heterocycles. The van der Waals surface area contributed by atoms with Crippen molar-refractivity contribution in [3.8, 4) is 10.6 Å². The molecule has 3 aromatic heterocycles. The molecule has 3 rings (SSSR count). The van der Waals surface area contributed by atoms with Gasteiger partial charge in [-0.15, -0.1) is 16.4 Å². The van der Waals surface area contributed by atoms with Gasteiger partial charge in [0.1, 0.15) is 12.2 Å². The molecule has 0 fully saturated rings. The summed E-state index contributed by atoms with van der Waals surface area (Å²) < 4.78 is 6.34. The molecular formula is C11H9N5O3S. The van der Waals surface area contributed by atoms with Crippen LogP contribution in [-0.4, -0.2) is 36.2 Å². The van der Waals surface area contributed by atoms with E-state index in [2.05, 4.69) is 20.5 Å². The van der Waals surface area contributed by atoms with Crippen molar-refractivity contribution < 1.29 is 14.4 Å². The van der Waals surface area contributed by atoms with E-state index in [4.69, 9.17) is 4.52 Å². The van der Waals surface area contributed by atoms with Crippen LogP contribution in [-0.2, 0) is 6.54 Å². The number of carboxylic acids is 1. The molecule has 0 atom stereocenters. The zero-order valence-corrected chi connectivity index (χ0v) is 11.2. The molecule has 3 aromatic rings. The van der Waals surface area contributed by atoms with Crippen molar-refractivity contribution in [2.45, 2.75) is 13.5 Å². The minimum atomic E-state index is -1.12. The molecule has 9 heteroatoms. The van der Waals surface area contributed by atoms with E-state index >= 15 is 0 Å². The van der Waals surface area contributed by atoms with Crippen molar-refractivity contribution in [3.05, 3.63) is 34.9 Å². The Morgan fingerprint density at radius 2 is 2.40 bits per heavy atom. The van der Waals surface area contributed by atoms with Crippen molar-refractivity contribution in [2.24, 2.45) is 0 Å². The average Bonchev–Trinajstić information content (AvgIpc) is 3.10. The van der Waals surface area contributed by atoms with Gasteiger partial charge < -0.3 is 9.63 Å². The van der Waals surface area contributed by atoms with Gasteiger partial charge in [0.2, 0.25) is 5.89 Å². The molecule has 0 saturated heterocycles.